The summed E-state index contributed by atoms with van der Waals surface area (Å²) in [4.78, 5) is 11.4. The van der Waals surface area contributed by atoms with E-state index >= 15 is 0 Å². The van der Waals surface area contributed by atoms with E-state index < -0.39 is 0 Å². The molecule has 0 aliphatic heterocycles. The predicted molar refractivity (Wildman–Crippen MR) is 74.1 cm³/mol. The van der Waals surface area contributed by atoms with Gasteiger partial charge in [-0.25, -0.2) is 0 Å². The summed E-state index contributed by atoms with van der Waals surface area (Å²) < 4.78 is 0. The molecule has 0 unspecified atom stereocenters. The lowest BCUT2D eigenvalue weighted by molar-refractivity contribution is -0.114. The first-order valence-electron chi connectivity index (χ1n) is 5.87. The Bertz CT molecular complexity index is 436. The van der Waals surface area contributed by atoms with Crippen molar-refractivity contribution in [2.75, 3.05) is 18.1 Å². The largest absolute Gasteiger partial charge is 0.397 e. The second-order valence-corrected chi connectivity index (χ2v) is 4.04. The van der Waals surface area contributed by atoms with Crippen molar-refractivity contribution < 1.29 is 4.79 Å². The maximum Gasteiger partial charge on any atom is 0.155 e. The molecule has 0 radical (unpaired) electrons. The van der Waals surface area contributed by atoms with Crippen LogP contribution < -0.4 is 11.1 Å². The number of benzene rings is 1. The van der Waals surface area contributed by atoms with Crippen LogP contribution in [0.25, 0.3) is 6.08 Å². The Morgan fingerprint density at radius 1 is 1.47 bits per heavy atom. The molecule has 3 heteroatoms. The van der Waals surface area contributed by atoms with Crippen LogP contribution in [0.3, 0.4) is 0 Å². The van der Waals surface area contributed by atoms with Gasteiger partial charge in [0.15, 0.2) is 5.78 Å². The first-order valence-corrected chi connectivity index (χ1v) is 5.87. The minimum absolute atomic E-state index is 0.156. The summed E-state index contributed by atoms with van der Waals surface area (Å²) in [6.07, 6.45) is 4.94. The minimum Gasteiger partial charge on any atom is -0.397 e. The molecule has 1 rings (SSSR count). The van der Waals surface area contributed by atoms with Gasteiger partial charge in [-0.3, -0.25) is 4.79 Å². The summed E-state index contributed by atoms with van der Waals surface area (Å²) in [7, 11) is 1.84. The molecular weight excluding hydrogens is 212 g/mol. The molecule has 1 aromatic carbocycles. The Labute approximate surface area is 103 Å². The van der Waals surface area contributed by atoms with Crippen molar-refractivity contribution in [3.05, 3.63) is 29.3 Å². The van der Waals surface area contributed by atoms with Crippen LogP contribution in [-0.4, -0.2) is 12.8 Å². The zero-order valence-corrected chi connectivity index (χ0v) is 10.7. The van der Waals surface area contributed by atoms with Crippen LogP contribution in [-0.2, 0) is 4.79 Å². The minimum atomic E-state index is 0.156. The van der Waals surface area contributed by atoms with Gasteiger partial charge in [-0.15, -0.1) is 0 Å². The Kier molecular flexibility index (Phi) is 4.76. The molecule has 3 N–H and O–H groups in total. The zero-order valence-electron chi connectivity index (χ0n) is 10.7. The van der Waals surface area contributed by atoms with Crippen molar-refractivity contribution in [1.82, 2.24) is 0 Å². The van der Waals surface area contributed by atoms with Crippen LogP contribution in [0, 0.1) is 6.92 Å². The monoisotopic (exact) mass is 232 g/mol. The molecule has 0 bridgehead atoms. The van der Waals surface area contributed by atoms with Gasteiger partial charge in [-0.05, 0) is 36.6 Å². The third kappa shape index (κ3) is 3.34. The van der Waals surface area contributed by atoms with Gasteiger partial charge in [0, 0.05) is 13.5 Å². The fourth-order valence-corrected chi connectivity index (χ4v) is 1.66. The Morgan fingerprint density at radius 3 is 2.76 bits per heavy atom. The summed E-state index contributed by atoms with van der Waals surface area (Å²) >= 11 is 0. The van der Waals surface area contributed by atoms with Crippen LogP contribution in [0.4, 0.5) is 11.4 Å². The summed E-state index contributed by atoms with van der Waals surface area (Å²) in [5, 5.41) is 3.03. The summed E-state index contributed by atoms with van der Waals surface area (Å²) in [5.74, 6) is 0.156. The molecule has 1 aromatic rings. The molecule has 0 atom stereocenters. The highest BCUT2D eigenvalue weighted by Gasteiger charge is 2.04. The van der Waals surface area contributed by atoms with E-state index in [9.17, 15) is 4.79 Å². The van der Waals surface area contributed by atoms with Gasteiger partial charge in [-0.2, -0.15) is 0 Å². The molecule has 0 saturated heterocycles. The van der Waals surface area contributed by atoms with Crippen LogP contribution in [0.15, 0.2) is 18.2 Å². The molecule has 0 spiro atoms. The molecule has 0 aliphatic rings. The molecule has 0 fully saturated rings. The molecule has 0 aliphatic carbocycles. The number of nitrogens with two attached hydrogens (primary N) is 1. The average Bonchev–Trinajstić information content (AvgIpc) is 2.31. The second-order valence-electron chi connectivity index (χ2n) is 4.04. The van der Waals surface area contributed by atoms with Gasteiger partial charge in [0.2, 0.25) is 0 Å². The number of hydrogen-bond acceptors (Lipinski definition) is 3. The number of allylic oxidation sites excluding steroid dienone is 1. The van der Waals surface area contributed by atoms with Gasteiger partial charge < -0.3 is 11.1 Å². The van der Waals surface area contributed by atoms with E-state index in [0.717, 1.165) is 28.9 Å². The lowest BCUT2D eigenvalue weighted by atomic mass is 10.0. The quantitative estimate of drug-likeness (QED) is 0.606. The molecule has 0 saturated carbocycles. The summed E-state index contributed by atoms with van der Waals surface area (Å²) in [6, 6.07) is 3.89. The molecule has 0 heterocycles. The van der Waals surface area contributed by atoms with Crippen LogP contribution >= 0.6 is 0 Å². The van der Waals surface area contributed by atoms with E-state index in [1.54, 1.807) is 6.08 Å². The number of ketones is 1. The highest BCUT2D eigenvalue weighted by atomic mass is 16.1. The maximum atomic E-state index is 11.4. The number of hydrogen-bond donors (Lipinski definition) is 2. The number of nitrogens with one attached hydrogen (secondary N) is 1. The van der Waals surface area contributed by atoms with Gasteiger partial charge in [-0.1, -0.05) is 19.1 Å². The second kappa shape index (κ2) is 6.09. The lowest BCUT2D eigenvalue weighted by Crippen LogP contribution is -1.99. The fraction of sp³-hybridized carbons (Fsp3) is 0.357. The molecule has 3 nitrogen and oxygen atoms in total. The number of nitrogen functional groups attached to an aromatic ring is 1. The van der Waals surface area contributed by atoms with Crippen molar-refractivity contribution in [2.45, 2.75) is 26.7 Å². The zero-order chi connectivity index (χ0) is 12.8. The Balaban J connectivity index is 2.93. The van der Waals surface area contributed by atoms with Gasteiger partial charge in [0.05, 0.1) is 11.4 Å². The third-order valence-electron chi connectivity index (χ3n) is 2.77. The predicted octanol–water partition coefficient (Wildman–Crippen LogP) is 3.00. The lowest BCUT2D eigenvalue weighted by Gasteiger charge is -2.10. The van der Waals surface area contributed by atoms with Crippen molar-refractivity contribution >= 4 is 23.2 Å². The van der Waals surface area contributed by atoms with Crippen molar-refractivity contribution in [1.29, 1.82) is 0 Å². The van der Waals surface area contributed by atoms with Gasteiger partial charge >= 0.3 is 0 Å². The molecule has 0 aromatic heterocycles. The molecule has 17 heavy (non-hydrogen) atoms. The van der Waals surface area contributed by atoms with E-state index in [4.69, 9.17) is 5.73 Å². The topological polar surface area (TPSA) is 55.1 Å². The van der Waals surface area contributed by atoms with Crippen LogP contribution in [0.2, 0.25) is 0 Å². The molecular formula is C14H20N2O. The smallest absolute Gasteiger partial charge is 0.155 e. The highest BCUT2D eigenvalue weighted by molar-refractivity contribution is 5.94. The maximum absolute atomic E-state index is 11.4. The van der Waals surface area contributed by atoms with Crippen molar-refractivity contribution in [3.8, 4) is 0 Å². The van der Waals surface area contributed by atoms with E-state index in [1.165, 1.54) is 0 Å². The fourth-order valence-electron chi connectivity index (χ4n) is 1.66. The number of carbonyl (C=O) groups is 1. The third-order valence-corrected chi connectivity index (χ3v) is 2.77. The van der Waals surface area contributed by atoms with Crippen LogP contribution in [0.1, 0.15) is 30.9 Å². The van der Waals surface area contributed by atoms with E-state index in [0.29, 0.717) is 6.42 Å². The average molecular weight is 232 g/mol. The number of carbonyl (C=O) groups excluding carboxylic acids is 1. The van der Waals surface area contributed by atoms with Crippen molar-refractivity contribution in [2.24, 2.45) is 0 Å². The Morgan fingerprint density at radius 2 is 2.18 bits per heavy atom. The van der Waals surface area contributed by atoms with E-state index in [1.807, 2.05) is 39.1 Å². The molecule has 92 valence electrons. The first-order chi connectivity index (χ1) is 8.10. The van der Waals surface area contributed by atoms with Crippen LogP contribution in [0.5, 0.6) is 0 Å². The van der Waals surface area contributed by atoms with Crippen molar-refractivity contribution in [3.63, 3.8) is 0 Å². The van der Waals surface area contributed by atoms with E-state index in [2.05, 4.69) is 5.32 Å². The summed E-state index contributed by atoms with van der Waals surface area (Å²) in [6.45, 7) is 3.96. The summed E-state index contributed by atoms with van der Waals surface area (Å²) in [5.41, 5.74) is 9.62. The molecule has 0 amide bonds. The Hall–Kier alpha value is -1.77. The number of anilines is 2. The standard InChI is InChI=1S/C14H20N2O/c1-4-5-12(17)8-6-11-7-9-13(16-3)14(15)10(11)2/h6-9,16H,4-5,15H2,1-3H3/b8-6+. The SMILES string of the molecule is CCCC(=O)/C=C/c1ccc(NC)c(N)c1C. The van der Waals surface area contributed by atoms with Gasteiger partial charge in [0.1, 0.15) is 0 Å². The number of rotatable bonds is 5. The normalized spacial score (nSPS) is 10.8. The van der Waals surface area contributed by atoms with Gasteiger partial charge in [0.25, 0.3) is 0 Å². The van der Waals surface area contributed by atoms with E-state index in [-0.39, 0.29) is 5.78 Å². The first kappa shape index (κ1) is 13.3. The highest BCUT2D eigenvalue weighted by Crippen LogP contribution is 2.25.